The Morgan fingerprint density at radius 2 is 1.70 bits per heavy atom. The molecule has 2 aromatic carbocycles. The molecule has 112 valence electrons. The number of aromatic nitrogens is 3. The number of hydrogen-bond acceptors (Lipinski definition) is 2. The van der Waals surface area contributed by atoms with Crippen molar-refractivity contribution in [1.29, 1.82) is 0 Å². The van der Waals surface area contributed by atoms with Crippen molar-refractivity contribution in [2.24, 2.45) is 0 Å². The Labute approximate surface area is 135 Å². The van der Waals surface area contributed by atoms with Crippen LogP contribution in [0.4, 0.5) is 0 Å². The maximum atomic E-state index is 4.80. The quantitative estimate of drug-likeness (QED) is 0.545. The number of pyridine rings is 1. The zero-order valence-corrected chi connectivity index (χ0v) is 13.0. The average molecular weight is 299 g/mol. The van der Waals surface area contributed by atoms with Crippen molar-refractivity contribution in [1.82, 2.24) is 14.8 Å². The minimum absolute atomic E-state index is 0.816. The highest BCUT2D eigenvalue weighted by molar-refractivity contribution is 5.96. The monoisotopic (exact) mass is 299 g/mol. The van der Waals surface area contributed by atoms with Gasteiger partial charge in [0, 0.05) is 18.3 Å². The third-order valence-electron chi connectivity index (χ3n) is 4.07. The number of benzene rings is 2. The summed E-state index contributed by atoms with van der Waals surface area (Å²) in [5.41, 5.74) is 4.15. The molecular formula is C20H17N3. The van der Waals surface area contributed by atoms with Gasteiger partial charge in [0.2, 0.25) is 0 Å². The lowest BCUT2D eigenvalue weighted by molar-refractivity contribution is 0.668. The van der Waals surface area contributed by atoms with Crippen LogP contribution in [-0.2, 0) is 6.54 Å². The van der Waals surface area contributed by atoms with E-state index in [1.165, 1.54) is 10.8 Å². The highest BCUT2D eigenvalue weighted by atomic mass is 15.3. The van der Waals surface area contributed by atoms with E-state index < -0.39 is 0 Å². The Hall–Kier alpha value is -2.94. The summed E-state index contributed by atoms with van der Waals surface area (Å²) in [6, 6.07) is 22.9. The van der Waals surface area contributed by atoms with E-state index in [2.05, 4.69) is 60.4 Å². The molecule has 0 atom stereocenters. The molecular weight excluding hydrogens is 282 g/mol. The van der Waals surface area contributed by atoms with Gasteiger partial charge in [0.25, 0.3) is 0 Å². The first-order valence-corrected chi connectivity index (χ1v) is 7.84. The van der Waals surface area contributed by atoms with Crippen molar-refractivity contribution in [3.05, 3.63) is 72.9 Å². The number of nitrogens with zero attached hydrogens (tertiary/aromatic N) is 3. The molecule has 0 aliphatic heterocycles. The molecule has 0 saturated carbocycles. The summed E-state index contributed by atoms with van der Waals surface area (Å²) in [6.07, 6.45) is 1.82. The van der Waals surface area contributed by atoms with Crippen LogP contribution in [0.25, 0.3) is 33.4 Å². The molecule has 0 fully saturated rings. The second-order valence-electron chi connectivity index (χ2n) is 5.47. The van der Waals surface area contributed by atoms with Gasteiger partial charge in [-0.3, -0.25) is 9.67 Å². The van der Waals surface area contributed by atoms with Gasteiger partial charge in [-0.05, 0) is 35.9 Å². The molecule has 0 unspecified atom stereocenters. The van der Waals surface area contributed by atoms with E-state index in [1.54, 1.807) is 0 Å². The summed E-state index contributed by atoms with van der Waals surface area (Å²) in [5, 5.41) is 7.26. The Morgan fingerprint density at radius 3 is 2.52 bits per heavy atom. The Bertz CT molecular complexity index is 950. The highest BCUT2D eigenvalue weighted by Gasteiger charge is 2.13. The second kappa shape index (κ2) is 5.69. The molecule has 0 aliphatic rings. The molecule has 0 aliphatic carbocycles. The number of rotatable bonds is 3. The largest absolute Gasteiger partial charge is 0.263 e. The number of hydrogen-bond donors (Lipinski definition) is 0. The second-order valence-corrected chi connectivity index (χ2v) is 5.47. The van der Waals surface area contributed by atoms with E-state index >= 15 is 0 Å². The lowest BCUT2D eigenvalue weighted by atomic mass is 10.0. The van der Waals surface area contributed by atoms with Crippen molar-refractivity contribution in [3.8, 4) is 22.6 Å². The van der Waals surface area contributed by atoms with Crippen LogP contribution in [-0.4, -0.2) is 14.8 Å². The molecule has 2 heterocycles. The van der Waals surface area contributed by atoms with Gasteiger partial charge in [0.05, 0.1) is 17.1 Å². The standard InChI is InChI=1S/C20H17N3/c1-2-23-20(18-12-5-6-13-21-18)14-19(22-23)17-11-7-9-15-8-3-4-10-16(15)17/h3-14H,2H2,1H3. The number of fused-ring (bicyclic) bond motifs is 1. The Kier molecular flexibility index (Phi) is 3.39. The van der Waals surface area contributed by atoms with E-state index in [1.807, 2.05) is 29.1 Å². The van der Waals surface area contributed by atoms with Gasteiger partial charge in [-0.25, -0.2) is 0 Å². The predicted molar refractivity (Wildman–Crippen MR) is 94.1 cm³/mol. The summed E-state index contributed by atoms with van der Waals surface area (Å²) >= 11 is 0. The van der Waals surface area contributed by atoms with Crippen molar-refractivity contribution in [3.63, 3.8) is 0 Å². The Balaban J connectivity index is 1.91. The van der Waals surface area contributed by atoms with Gasteiger partial charge in [-0.15, -0.1) is 0 Å². The zero-order chi connectivity index (χ0) is 15.6. The first kappa shape index (κ1) is 13.7. The molecule has 23 heavy (non-hydrogen) atoms. The molecule has 0 saturated heterocycles. The van der Waals surface area contributed by atoms with E-state index in [0.717, 1.165) is 29.2 Å². The fourth-order valence-electron chi connectivity index (χ4n) is 2.96. The molecule has 3 nitrogen and oxygen atoms in total. The summed E-state index contributed by atoms with van der Waals surface area (Å²) in [7, 11) is 0. The Morgan fingerprint density at radius 1 is 0.870 bits per heavy atom. The van der Waals surface area contributed by atoms with E-state index in [9.17, 15) is 0 Å². The molecule has 0 radical (unpaired) electrons. The highest BCUT2D eigenvalue weighted by Crippen LogP contribution is 2.30. The van der Waals surface area contributed by atoms with Crippen molar-refractivity contribution < 1.29 is 0 Å². The van der Waals surface area contributed by atoms with Gasteiger partial charge in [-0.2, -0.15) is 5.10 Å². The topological polar surface area (TPSA) is 30.7 Å². The summed E-state index contributed by atoms with van der Waals surface area (Å²) in [4.78, 5) is 4.47. The number of aryl methyl sites for hydroxylation is 1. The van der Waals surface area contributed by atoms with Crippen molar-refractivity contribution in [2.45, 2.75) is 13.5 Å². The van der Waals surface area contributed by atoms with Crippen LogP contribution in [0, 0.1) is 0 Å². The fourth-order valence-corrected chi connectivity index (χ4v) is 2.96. The van der Waals surface area contributed by atoms with Gasteiger partial charge < -0.3 is 0 Å². The molecule has 4 aromatic rings. The summed E-state index contributed by atoms with van der Waals surface area (Å²) in [6.45, 7) is 2.92. The molecule has 0 bridgehead atoms. The van der Waals surface area contributed by atoms with Crippen LogP contribution in [0.2, 0.25) is 0 Å². The maximum absolute atomic E-state index is 4.80. The fraction of sp³-hybridized carbons (Fsp3) is 0.100. The zero-order valence-electron chi connectivity index (χ0n) is 13.0. The van der Waals surface area contributed by atoms with Crippen LogP contribution < -0.4 is 0 Å². The summed E-state index contributed by atoms with van der Waals surface area (Å²) < 4.78 is 2.01. The minimum atomic E-state index is 0.816. The van der Waals surface area contributed by atoms with Gasteiger partial charge in [-0.1, -0.05) is 48.5 Å². The van der Waals surface area contributed by atoms with E-state index in [0.29, 0.717) is 0 Å². The molecule has 0 amide bonds. The molecule has 3 heteroatoms. The normalized spacial score (nSPS) is 11.0. The van der Waals surface area contributed by atoms with Crippen LogP contribution in [0.3, 0.4) is 0 Å². The van der Waals surface area contributed by atoms with Crippen molar-refractivity contribution in [2.75, 3.05) is 0 Å². The average Bonchev–Trinajstić information content (AvgIpc) is 3.06. The smallest absolute Gasteiger partial charge is 0.0936 e. The van der Waals surface area contributed by atoms with Gasteiger partial charge >= 0.3 is 0 Å². The molecule has 0 spiro atoms. The maximum Gasteiger partial charge on any atom is 0.0936 e. The summed E-state index contributed by atoms with van der Waals surface area (Å²) in [5.74, 6) is 0. The lowest BCUT2D eigenvalue weighted by Crippen LogP contribution is -2.00. The minimum Gasteiger partial charge on any atom is -0.263 e. The van der Waals surface area contributed by atoms with Crippen LogP contribution in [0.1, 0.15) is 6.92 Å². The van der Waals surface area contributed by atoms with E-state index in [4.69, 9.17) is 5.10 Å². The van der Waals surface area contributed by atoms with Gasteiger partial charge in [0.1, 0.15) is 0 Å². The van der Waals surface area contributed by atoms with Crippen LogP contribution in [0.5, 0.6) is 0 Å². The first-order chi connectivity index (χ1) is 11.4. The molecule has 0 N–H and O–H groups in total. The van der Waals surface area contributed by atoms with Crippen molar-refractivity contribution >= 4 is 10.8 Å². The third-order valence-corrected chi connectivity index (χ3v) is 4.07. The third kappa shape index (κ3) is 2.40. The van der Waals surface area contributed by atoms with Crippen LogP contribution in [0.15, 0.2) is 72.9 Å². The molecule has 4 rings (SSSR count). The van der Waals surface area contributed by atoms with Gasteiger partial charge in [0.15, 0.2) is 0 Å². The van der Waals surface area contributed by atoms with E-state index in [-0.39, 0.29) is 0 Å². The SMILES string of the molecule is CCn1nc(-c2cccc3ccccc23)cc1-c1ccccn1. The first-order valence-electron chi connectivity index (χ1n) is 7.84. The predicted octanol–water partition coefficient (Wildman–Crippen LogP) is 4.79. The molecule has 2 aromatic heterocycles. The van der Waals surface area contributed by atoms with Crippen LogP contribution >= 0.6 is 0 Å². The lowest BCUT2D eigenvalue weighted by Gasteiger charge is -2.03.